The van der Waals surface area contributed by atoms with Crippen LogP contribution in [0.2, 0.25) is 0 Å². The average molecular weight is 638 g/mol. The van der Waals surface area contributed by atoms with Crippen LogP contribution in [0.5, 0.6) is 0 Å². The molecule has 0 saturated carbocycles. The quantitative estimate of drug-likeness (QED) is 0.0422. The van der Waals surface area contributed by atoms with Gasteiger partial charge in [0.2, 0.25) is 0 Å². The van der Waals surface area contributed by atoms with Crippen molar-refractivity contribution in [1.82, 2.24) is 0 Å². The third kappa shape index (κ3) is 22.3. The lowest BCUT2D eigenvalue weighted by Gasteiger charge is -2.44. The fourth-order valence-electron chi connectivity index (χ4n) is 6.61. The standard InChI is InChI=1S/C38H71NO6/c1-5-9-10-11-12-13-14-15-16-17-18-19-20-21-22-23-24-25-26-27-28-29-39(30-33(6-2)36(40)41,31-34(7-3)37(42)43)32-35(8-4)38(44)45/h17-18,33-35H,5-16,19-32H2,1-4H3,(H2-,40,41,42,43,44,45)/b18-17+. The molecule has 0 fully saturated rings. The number of carbonyl (C=O) groups is 3. The molecule has 0 radical (unpaired) electrons. The van der Waals surface area contributed by atoms with E-state index >= 15 is 0 Å². The van der Waals surface area contributed by atoms with E-state index in [1.807, 2.05) is 13.8 Å². The zero-order chi connectivity index (χ0) is 33.8. The molecule has 0 aromatic rings. The average Bonchev–Trinajstić information content (AvgIpc) is 3.01. The second-order valence-corrected chi connectivity index (χ2v) is 13.6. The number of aliphatic carboxylic acids is 3. The van der Waals surface area contributed by atoms with Crippen LogP contribution in [-0.4, -0.2) is 58.8 Å². The highest BCUT2D eigenvalue weighted by atomic mass is 16.4. The van der Waals surface area contributed by atoms with Crippen LogP contribution in [0.15, 0.2) is 12.2 Å². The van der Waals surface area contributed by atoms with E-state index in [9.17, 15) is 29.7 Å². The Morgan fingerprint density at radius 1 is 0.533 bits per heavy atom. The van der Waals surface area contributed by atoms with Crippen molar-refractivity contribution < 1.29 is 34.2 Å². The number of quaternary nitrogens is 1. The van der Waals surface area contributed by atoms with Crippen LogP contribution < -0.4 is 5.11 Å². The summed E-state index contributed by atoms with van der Waals surface area (Å²) >= 11 is 0. The minimum absolute atomic E-state index is 0.218. The number of carbonyl (C=O) groups excluding carboxylic acids is 1. The first-order valence-corrected chi connectivity index (χ1v) is 18.8. The lowest BCUT2D eigenvalue weighted by atomic mass is 9.95. The summed E-state index contributed by atoms with van der Waals surface area (Å²) in [5.41, 5.74) is 0. The van der Waals surface area contributed by atoms with Gasteiger partial charge in [0.15, 0.2) is 0 Å². The first kappa shape index (κ1) is 43.1. The molecule has 0 bridgehead atoms. The maximum atomic E-state index is 12.0. The highest BCUT2D eigenvalue weighted by Gasteiger charge is 2.39. The second kappa shape index (κ2) is 28.3. The Morgan fingerprint density at radius 3 is 1.20 bits per heavy atom. The molecule has 264 valence electrons. The molecule has 3 atom stereocenters. The van der Waals surface area contributed by atoms with Crippen LogP contribution in [0.1, 0.15) is 169 Å². The summed E-state index contributed by atoms with van der Waals surface area (Å²) in [6, 6.07) is 0. The first-order chi connectivity index (χ1) is 21.7. The van der Waals surface area contributed by atoms with Crippen LogP contribution in [0.25, 0.3) is 0 Å². The predicted molar refractivity (Wildman–Crippen MR) is 184 cm³/mol. The largest absolute Gasteiger partial charge is 0.550 e. The normalized spacial score (nSPS) is 15.1. The van der Waals surface area contributed by atoms with Crippen molar-refractivity contribution >= 4 is 17.9 Å². The predicted octanol–water partition coefficient (Wildman–Crippen LogP) is 8.79. The van der Waals surface area contributed by atoms with Gasteiger partial charge < -0.3 is 24.6 Å². The third-order valence-corrected chi connectivity index (χ3v) is 9.73. The van der Waals surface area contributed by atoms with Gasteiger partial charge in [-0.1, -0.05) is 123 Å². The van der Waals surface area contributed by atoms with Crippen molar-refractivity contribution in [3.8, 4) is 0 Å². The summed E-state index contributed by atoms with van der Waals surface area (Å²) < 4.78 is 0.218. The van der Waals surface area contributed by atoms with Gasteiger partial charge in [0.05, 0.1) is 32.1 Å². The van der Waals surface area contributed by atoms with E-state index in [0.717, 1.165) is 25.7 Å². The minimum atomic E-state index is -1.14. The van der Waals surface area contributed by atoms with Crippen LogP contribution in [0.4, 0.5) is 0 Å². The number of unbranched alkanes of at least 4 members (excludes halogenated alkanes) is 17. The summed E-state index contributed by atoms with van der Waals surface area (Å²) in [5, 5.41) is 31.5. The molecule has 0 aromatic carbocycles. The Hall–Kier alpha value is -1.89. The molecule has 0 spiro atoms. The Bertz CT molecular complexity index is 722. The molecule has 7 heteroatoms. The van der Waals surface area contributed by atoms with Crippen molar-refractivity contribution in [1.29, 1.82) is 0 Å². The van der Waals surface area contributed by atoms with Gasteiger partial charge in [-0.2, -0.15) is 0 Å². The lowest BCUT2D eigenvalue weighted by Crippen LogP contribution is -2.59. The highest BCUT2D eigenvalue weighted by Crippen LogP contribution is 2.25. The Balaban J connectivity index is 4.51. The van der Waals surface area contributed by atoms with Crippen LogP contribution >= 0.6 is 0 Å². The molecule has 0 amide bonds. The van der Waals surface area contributed by atoms with E-state index in [1.165, 1.54) is 96.3 Å². The number of rotatable bonds is 33. The van der Waals surface area contributed by atoms with Gasteiger partial charge in [0, 0.05) is 5.92 Å². The number of nitrogens with zero attached hydrogens (tertiary/aromatic N) is 1. The van der Waals surface area contributed by atoms with E-state index < -0.39 is 35.7 Å². The van der Waals surface area contributed by atoms with Gasteiger partial charge >= 0.3 is 11.9 Å². The SMILES string of the molecule is CCCCCCCCCC/C=C/CCCCCCCCCCC[N+](CC(CC)C(=O)[O-])(CC(CC)C(=O)O)CC(CC)C(=O)O. The smallest absolute Gasteiger partial charge is 0.312 e. The number of hydrogen-bond acceptors (Lipinski definition) is 4. The third-order valence-electron chi connectivity index (χ3n) is 9.73. The van der Waals surface area contributed by atoms with Gasteiger partial charge in [-0.05, 0) is 57.8 Å². The summed E-state index contributed by atoms with van der Waals surface area (Å²) in [5.74, 6) is -4.95. The van der Waals surface area contributed by atoms with Gasteiger partial charge in [-0.15, -0.1) is 0 Å². The second-order valence-electron chi connectivity index (χ2n) is 13.6. The summed E-state index contributed by atoms with van der Waals surface area (Å²) in [7, 11) is 0. The fourth-order valence-corrected chi connectivity index (χ4v) is 6.61. The van der Waals surface area contributed by atoms with Gasteiger partial charge in [0.25, 0.3) is 0 Å². The molecule has 3 unspecified atom stereocenters. The molecule has 0 rings (SSSR count). The number of carboxylic acid groups (broad SMARTS) is 3. The van der Waals surface area contributed by atoms with Gasteiger partial charge in [-0.3, -0.25) is 9.59 Å². The van der Waals surface area contributed by atoms with Crippen molar-refractivity contribution in [3.05, 3.63) is 12.2 Å². The van der Waals surface area contributed by atoms with E-state index in [-0.39, 0.29) is 24.1 Å². The Kier molecular flexibility index (Phi) is 27.2. The monoisotopic (exact) mass is 638 g/mol. The number of hydrogen-bond donors (Lipinski definition) is 2. The van der Waals surface area contributed by atoms with E-state index in [4.69, 9.17) is 0 Å². The van der Waals surface area contributed by atoms with Gasteiger partial charge in [0.1, 0.15) is 11.8 Å². The van der Waals surface area contributed by atoms with E-state index in [2.05, 4.69) is 19.1 Å². The zero-order valence-electron chi connectivity index (χ0n) is 29.7. The summed E-state index contributed by atoms with van der Waals surface area (Å²) in [6.45, 7) is 9.06. The Morgan fingerprint density at radius 2 is 0.867 bits per heavy atom. The molecular formula is C38H71NO6. The van der Waals surface area contributed by atoms with Crippen LogP contribution in [0, 0.1) is 17.8 Å². The molecule has 45 heavy (non-hydrogen) atoms. The summed E-state index contributed by atoms with van der Waals surface area (Å²) in [4.78, 5) is 35.9. The van der Waals surface area contributed by atoms with Crippen LogP contribution in [0.3, 0.4) is 0 Å². The lowest BCUT2D eigenvalue weighted by molar-refractivity contribution is -0.935. The Labute approximate surface area is 276 Å². The highest BCUT2D eigenvalue weighted by molar-refractivity contribution is 5.70. The van der Waals surface area contributed by atoms with Crippen molar-refractivity contribution in [2.24, 2.45) is 17.8 Å². The molecule has 7 nitrogen and oxygen atoms in total. The topological polar surface area (TPSA) is 115 Å². The van der Waals surface area contributed by atoms with Gasteiger partial charge in [-0.25, -0.2) is 0 Å². The summed E-state index contributed by atoms with van der Waals surface area (Å²) in [6.07, 6.45) is 29.7. The van der Waals surface area contributed by atoms with E-state index in [0.29, 0.717) is 25.8 Å². The molecule has 2 N–H and O–H groups in total. The number of allylic oxidation sites excluding steroid dienone is 2. The molecule has 0 heterocycles. The minimum Gasteiger partial charge on any atom is -0.550 e. The number of carboxylic acids is 3. The van der Waals surface area contributed by atoms with E-state index in [1.54, 1.807) is 6.92 Å². The first-order valence-electron chi connectivity index (χ1n) is 18.8. The molecule has 0 aliphatic carbocycles. The molecule has 0 saturated heterocycles. The fraction of sp³-hybridized carbons (Fsp3) is 0.868. The van der Waals surface area contributed by atoms with Crippen LogP contribution in [-0.2, 0) is 14.4 Å². The maximum absolute atomic E-state index is 12.0. The molecule has 0 aromatic heterocycles. The maximum Gasteiger partial charge on any atom is 0.312 e. The van der Waals surface area contributed by atoms with Crippen molar-refractivity contribution in [2.45, 2.75) is 169 Å². The molecule has 0 aliphatic heterocycles. The zero-order valence-corrected chi connectivity index (χ0v) is 29.7. The van der Waals surface area contributed by atoms with Crippen molar-refractivity contribution in [2.75, 3.05) is 26.2 Å². The molecular weight excluding hydrogens is 566 g/mol. The molecule has 0 aliphatic rings. The van der Waals surface area contributed by atoms with Crippen molar-refractivity contribution in [3.63, 3.8) is 0 Å².